The molecule has 0 aromatic heterocycles. The summed E-state index contributed by atoms with van der Waals surface area (Å²) in [5.74, 6) is -2.67. The number of likely N-dealkylation sites (tertiary alicyclic amines) is 1. The summed E-state index contributed by atoms with van der Waals surface area (Å²) in [5, 5.41) is 23.4. The molecule has 1 rings (SSSR count). The quantitative estimate of drug-likeness (QED) is 0.487. The van der Waals surface area contributed by atoms with Crippen molar-refractivity contribution in [1.82, 2.24) is 10.2 Å². The van der Waals surface area contributed by atoms with E-state index >= 15 is 0 Å². The predicted molar refractivity (Wildman–Crippen MR) is 97.8 cm³/mol. The number of imide groups is 1. The fourth-order valence-corrected chi connectivity index (χ4v) is 3.73. The van der Waals surface area contributed by atoms with Crippen molar-refractivity contribution >= 4 is 21.7 Å². The van der Waals surface area contributed by atoms with Crippen molar-refractivity contribution in [3.8, 4) is 0 Å². The molecule has 26 heavy (non-hydrogen) atoms. The molecular formula is C17H32N2O6S. The zero-order valence-corrected chi connectivity index (χ0v) is 17.3. The third kappa shape index (κ3) is 5.03. The van der Waals surface area contributed by atoms with E-state index in [0.29, 0.717) is 0 Å². The zero-order valence-electron chi connectivity index (χ0n) is 16.4. The number of amides is 2. The third-order valence-corrected chi connectivity index (χ3v) is 5.38. The van der Waals surface area contributed by atoms with E-state index in [1.165, 1.54) is 0 Å². The number of carbonyl (C=O) groups is 2. The van der Waals surface area contributed by atoms with E-state index < -0.39 is 57.1 Å². The molecule has 0 bridgehead atoms. The van der Waals surface area contributed by atoms with Gasteiger partial charge in [0.2, 0.25) is 5.91 Å². The second-order valence-electron chi connectivity index (χ2n) is 8.68. The summed E-state index contributed by atoms with van der Waals surface area (Å²) >= 11 is 0. The molecular weight excluding hydrogens is 360 g/mol. The van der Waals surface area contributed by atoms with E-state index in [2.05, 4.69) is 5.32 Å². The molecule has 3 atom stereocenters. The third-order valence-electron chi connectivity index (χ3n) is 4.65. The molecule has 1 heterocycles. The first-order chi connectivity index (χ1) is 11.6. The number of sulfone groups is 1. The lowest BCUT2D eigenvalue weighted by Gasteiger charge is -2.36. The van der Waals surface area contributed by atoms with Gasteiger partial charge >= 0.3 is 0 Å². The molecule has 0 unspecified atom stereocenters. The van der Waals surface area contributed by atoms with E-state index in [1.54, 1.807) is 20.8 Å². The van der Waals surface area contributed by atoms with Crippen molar-refractivity contribution < 1.29 is 28.2 Å². The minimum atomic E-state index is -3.34. The highest BCUT2D eigenvalue weighted by Gasteiger charge is 2.60. The highest BCUT2D eigenvalue weighted by atomic mass is 32.2. The Morgan fingerprint density at radius 1 is 1.27 bits per heavy atom. The first-order valence-corrected chi connectivity index (χ1v) is 10.8. The summed E-state index contributed by atoms with van der Waals surface area (Å²) in [6.07, 6.45) is 1.31. The first-order valence-electron chi connectivity index (χ1n) is 8.74. The van der Waals surface area contributed by atoms with E-state index in [4.69, 9.17) is 0 Å². The van der Waals surface area contributed by atoms with Gasteiger partial charge in [-0.15, -0.1) is 0 Å². The number of hydrogen-bond acceptors (Lipinski definition) is 7. The number of carbonyl (C=O) groups excluding carboxylic acids is 2. The molecule has 1 aliphatic heterocycles. The van der Waals surface area contributed by atoms with Crippen molar-refractivity contribution in [3.63, 3.8) is 0 Å². The molecule has 0 aromatic carbocycles. The lowest BCUT2D eigenvalue weighted by atomic mass is 9.83. The van der Waals surface area contributed by atoms with Crippen molar-refractivity contribution in [2.75, 3.05) is 25.3 Å². The Kier molecular flexibility index (Phi) is 7.01. The Labute approximate surface area is 155 Å². The monoisotopic (exact) mass is 392 g/mol. The van der Waals surface area contributed by atoms with Crippen molar-refractivity contribution in [2.24, 2.45) is 17.3 Å². The van der Waals surface area contributed by atoms with Crippen LogP contribution in [0.1, 0.15) is 41.0 Å². The van der Waals surface area contributed by atoms with Gasteiger partial charge < -0.3 is 15.5 Å². The van der Waals surface area contributed by atoms with Gasteiger partial charge in [-0.3, -0.25) is 14.5 Å². The largest absolute Gasteiger partial charge is 0.394 e. The SMILES string of the molecule is CC(C)C[C@H]1C(=O)N([C@H](CO)C(C)(C)C)C(=O)[C@]1(O)CNCS(C)(=O)=O. The summed E-state index contributed by atoms with van der Waals surface area (Å²) in [5.41, 5.74) is -2.61. The maximum Gasteiger partial charge on any atom is 0.263 e. The average molecular weight is 393 g/mol. The van der Waals surface area contributed by atoms with E-state index in [-0.39, 0.29) is 18.9 Å². The molecule has 0 radical (unpaired) electrons. The van der Waals surface area contributed by atoms with Crippen LogP contribution in [0.5, 0.6) is 0 Å². The van der Waals surface area contributed by atoms with Crippen LogP contribution < -0.4 is 5.32 Å². The molecule has 1 saturated heterocycles. The van der Waals surface area contributed by atoms with Crippen LogP contribution in [0.3, 0.4) is 0 Å². The standard InChI is InChI=1S/C17H32N2O6S/c1-11(2)7-12-14(21)19(13(8-20)16(3,4)5)15(22)17(12,23)9-18-10-26(6,24)25/h11-13,18,20,23H,7-10H2,1-6H3/t12-,13+,17-/m0/s1. The first kappa shape index (κ1) is 23.0. The van der Waals surface area contributed by atoms with E-state index in [9.17, 15) is 28.2 Å². The molecule has 3 N–H and O–H groups in total. The van der Waals surface area contributed by atoms with Crippen LogP contribution >= 0.6 is 0 Å². The lowest BCUT2D eigenvalue weighted by molar-refractivity contribution is -0.151. The summed E-state index contributed by atoms with van der Waals surface area (Å²) in [6, 6.07) is -0.777. The van der Waals surface area contributed by atoms with Gasteiger partial charge in [0.1, 0.15) is 0 Å². The number of aliphatic hydroxyl groups excluding tert-OH is 1. The summed E-state index contributed by atoms with van der Waals surface area (Å²) in [4.78, 5) is 26.9. The minimum Gasteiger partial charge on any atom is -0.394 e. The maximum absolute atomic E-state index is 13.0. The Hall–Kier alpha value is -1.03. The fourth-order valence-electron chi connectivity index (χ4n) is 3.26. The molecule has 1 fully saturated rings. The van der Waals surface area contributed by atoms with Crippen LogP contribution in [0.2, 0.25) is 0 Å². The van der Waals surface area contributed by atoms with Crippen LogP contribution in [0.15, 0.2) is 0 Å². The highest BCUT2D eigenvalue weighted by Crippen LogP contribution is 2.39. The van der Waals surface area contributed by atoms with Gasteiger partial charge in [-0.25, -0.2) is 8.42 Å². The number of aliphatic hydroxyl groups is 2. The minimum absolute atomic E-state index is 0.0420. The van der Waals surface area contributed by atoms with Crippen LogP contribution in [-0.2, 0) is 19.4 Å². The van der Waals surface area contributed by atoms with Crippen LogP contribution in [0.4, 0.5) is 0 Å². The van der Waals surface area contributed by atoms with Gasteiger partial charge in [0, 0.05) is 12.8 Å². The van der Waals surface area contributed by atoms with Gasteiger partial charge in [-0.1, -0.05) is 34.6 Å². The Balaban J connectivity index is 3.24. The zero-order chi connectivity index (χ0) is 20.5. The molecule has 8 nitrogen and oxygen atoms in total. The number of nitrogens with one attached hydrogen (secondary N) is 1. The lowest BCUT2D eigenvalue weighted by Crippen LogP contribution is -2.55. The molecule has 9 heteroatoms. The number of rotatable bonds is 8. The highest BCUT2D eigenvalue weighted by molar-refractivity contribution is 7.90. The van der Waals surface area contributed by atoms with Gasteiger partial charge in [0.15, 0.2) is 15.4 Å². The molecule has 0 spiro atoms. The topological polar surface area (TPSA) is 124 Å². The normalized spacial score (nSPS) is 26.0. The fraction of sp³-hybridized carbons (Fsp3) is 0.882. The second-order valence-corrected chi connectivity index (χ2v) is 10.8. The summed E-state index contributed by atoms with van der Waals surface area (Å²) in [6.45, 7) is 8.38. The van der Waals surface area contributed by atoms with Gasteiger partial charge in [0.25, 0.3) is 5.91 Å². The van der Waals surface area contributed by atoms with Crippen LogP contribution in [0, 0.1) is 17.3 Å². The Morgan fingerprint density at radius 2 is 1.81 bits per heavy atom. The maximum atomic E-state index is 13.0. The summed E-state index contributed by atoms with van der Waals surface area (Å²) in [7, 11) is -3.34. The molecule has 152 valence electrons. The van der Waals surface area contributed by atoms with Crippen molar-refractivity contribution in [2.45, 2.75) is 52.7 Å². The average Bonchev–Trinajstić information content (AvgIpc) is 2.60. The Morgan fingerprint density at radius 3 is 2.19 bits per heavy atom. The number of hydrogen-bond donors (Lipinski definition) is 3. The molecule has 1 aliphatic rings. The smallest absolute Gasteiger partial charge is 0.263 e. The Bertz CT molecular complexity index is 640. The molecule has 0 aromatic rings. The van der Waals surface area contributed by atoms with Gasteiger partial charge in [0.05, 0.1) is 24.4 Å². The molecule has 0 aliphatic carbocycles. The molecule has 2 amide bonds. The van der Waals surface area contributed by atoms with Crippen molar-refractivity contribution in [1.29, 1.82) is 0 Å². The second kappa shape index (κ2) is 7.92. The predicted octanol–water partition coefficient (Wildman–Crippen LogP) is -0.253. The summed E-state index contributed by atoms with van der Waals surface area (Å²) < 4.78 is 22.7. The van der Waals surface area contributed by atoms with E-state index in [1.807, 2.05) is 13.8 Å². The van der Waals surface area contributed by atoms with E-state index in [0.717, 1.165) is 11.2 Å². The van der Waals surface area contributed by atoms with Gasteiger partial charge in [-0.2, -0.15) is 0 Å². The van der Waals surface area contributed by atoms with Crippen LogP contribution in [-0.4, -0.2) is 72.3 Å². The molecule has 0 saturated carbocycles. The number of nitrogens with zero attached hydrogens (tertiary/aromatic N) is 1. The van der Waals surface area contributed by atoms with Crippen molar-refractivity contribution in [3.05, 3.63) is 0 Å². The van der Waals surface area contributed by atoms with Gasteiger partial charge in [-0.05, 0) is 17.8 Å². The van der Waals surface area contributed by atoms with Crippen LogP contribution in [0.25, 0.3) is 0 Å².